The largest absolute Gasteiger partial charge is 0.507 e. The quantitative estimate of drug-likeness (QED) is 0.833. The van der Waals surface area contributed by atoms with E-state index >= 15 is 0 Å². The Kier molecular flexibility index (Phi) is 5.73. The van der Waals surface area contributed by atoms with Crippen molar-refractivity contribution in [2.24, 2.45) is 0 Å². The molecule has 2 atom stereocenters. The van der Waals surface area contributed by atoms with E-state index in [0.717, 1.165) is 18.5 Å². The first-order chi connectivity index (χ1) is 12.2. The Hall–Kier alpha value is -2.31. The molecule has 1 fully saturated rings. The Morgan fingerprint density at radius 2 is 2.08 bits per heavy atom. The van der Waals surface area contributed by atoms with Crippen molar-refractivity contribution in [1.29, 1.82) is 0 Å². The molecule has 0 amide bonds. The lowest BCUT2D eigenvalue weighted by Crippen LogP contribution is -2.40. The molecule has 25 heavy (non-hydrogen) atoms. The Balaban J connectivity index is 1.75. The number of aromatic hydroxyl groups is 1. The minimum atomic E-state index is 0.0143. The number of hydrogen-bond acceptors (Lipinski definition) is 6. The number of rotatable bonds is 7. The fourth-order valence-electron chi connectivity index (χ4n) is 3.29. The predicted molar refractivity (Wildman–Crippen MR) is 94.8 cm³/mol. The SMILES string of the molecule is COCc1c(O)cccc1OCC1CCC(OC)N1c1cccnc1. The van der Waals surface area contributed by atoms with Gasteiger partial charge < -0.3 is 24.2 Å². The van der Waals surface area contributed by atoms with Gasteiger partial charge in [0.25, 0.3) is 0 Å². The molecule has 2 unspecified atom stereocenters. The molecule has 1 aliphatic rings. The fourth-order valence-corrected chi connectivity index (χ4v) is 3.29. The molecule has 1 aromatic heterocycles. The second-order valence-corrected chi connectivity index (χ2v) is 6.04. The molecule has 2 aromatic rings. The summed E-state index contributed by atoms with van der Waals surface area (Å²) >= 11 is 0. The summed E-state index contributed by atoms with van der Waals surface area (Å²) in [6.45, 7) is 0.800. The number of methoxy groups -OCH3 is 2. The van der Waals surface area contributed by atoms with Crippen LogP contribution in [-0.2, 0) is 16.1 Å². The van der Waals surface area contributed by atoms with Crippen LogP contribution < -0.4 is 9.64 Å². The molecule has 1 aliphatic heterocycles. The maximum Gasteiger partial charge on any atom is 0.130 e. The molecule has 0 radical (unpaired) electrons. The highest BCUT2D eigenvalue weighted by Crippen LogP contribution is 2.32. The number of phenols is 1. The smallest absolute Gasteiger partial charge is 0.130 e. The summed E-state index contributed by atoms with van der Waals surface area (Å²) in [5.74, 6) is 0.832. The van der Waals surface area contributed by atoms with E-state index in [1.54, 1.807) is 32.5 Å². The minimum absolute atomic E-state index is 0.0143. The van der Waals surface area contributed by atoms with Crippen molar-refractivity contribution in [2.75, 3.05) is 25.7 Å². The number of pyridine rings is 1. The van der Waals surface area contributed by atoms with Crippen LogP contribution in [0, 0.1) is 0 Å². The number of anilines is 1. The number of aromatic nitrogens is 1. The zero-order valence-electron chi connectivity index (χ0n) is 14.6. The molecule has 0 bridgehead atoms. The fraction of sp³-hybridized carbons (Fsp3) is 0.421. The van der Waals surface area contributed by atoms with E-state index in [1.807, 2.05) is 24.4 Å². The van der Waals surface area contributed by atoms with E-state index in [-0.39, 0.29) is 18.0 Å². The lowest BCUT2D eigenvalue weighted by Gasteiger charge is -2.31. The minimum Gasteiger partial charge on any atom is -0.507 e. The van der Waals surface area contributed by atoms with Crippen LogP contribution >= 0.6 is 0 Å². The van der Waals surface area contributed by atoms with Gasteiger partial charge >= 0.3 is 0 Å². The molecule has 134 valence electrons. The van der Waals surface area contributed by atoms with Gasteiger partial charge in [0, 0.05) is 20.4 Å². The summed E-state index contributed by atoms with van der Waals surface area (Å²) in [7, 11) is 3.32. The highest BCUT2D eigenvalue weighted by atomic mass is 16.5. The van der Waals surface area contributed by atoms with Crippen LogP contribution in [0.2, 0.25) is 0 Å². The van der Waals surface area contributed by atoms with Gasteiger partial charge in [0.05, 0.1) is 30.1 Å². The first kappa shape index (κ1) is 17.5. The van der Waals surface area contributed by atoms with E-state index in [9.17, 15) is 5.11 Å². The van der Waals surface area contributed by atoms with Gasteiger partial charge in [0.2, 0.25) is 0 Å². The maximum atomic E-state index is 10.0. The van der Waals surface area contributed by atoms with Crippen LogP contribution in [0.4, 0.5) is 5.69 Å². The lowest BCUT2D eigenvalue weighted by atomic mass is 10.2. The van der Waals surface area contributed by atoms with Crippen LogP contribution in [0.25, 0.3) is 0 Å². The third-order valence-corrected chi connectivity index (χ3v) is 4.49. The summed E-state index contributed by atoms with van der Waals surface area (Å²) in [6, 6.07) is 9.39. The Bertz CT molecular complexity index is 680. The average molecular weight is 344 g/mol. The normalized spacial score (nSPS) is 20.0. The van der Waals surface area contributed by atoms with Crippen LogP contribution in [0.3, 0.4) is 0 Å². The topological polar surface area (TPSA) is 64.1 Å². The van der Waals surface area contributed by atoms with Crippen molar-refractivity contribution in [3.8, 4) is 11.5 Å². The summed E-state index contributed by atoms with van der Waals surface area (Å²) in [4.78, 5) is 6.43. The molecular formula is C19H24N2O4. The molecular weight excluding hydrogens is 320 g/mol. The van der Waals surface area contributed by atoms with Crippen molar-refractivity contribution in [2.45, 2.75) is 31.7 Å². The maximum absolute atomic E-state index is 10.0. The Morgan fingerprint density at radius 1 is 1.20 bits per heavy atom. The second kappa shape index (κ2) is 8.18. The van der Waals surface area contributed by atoms with Crippen molar-refractivity contribution in [3.63, 3.8) is 0 Å². The average Bonchev–Trinajstić information content (AvgIpc) is 3.06. The molecule has 0 aliphatic carbocycles. The summed E-state index contributed by atoms with van der Waals surface area (Å²) in [5, 5.41) is 10.0. The molecule has 0 saturated carbocycles. The molecule has 1 N–H and O–H groups in total. The van der Waals surface area contributed by atoms with Crippen LogP contribution in [0.1, 0.15) is 18.4 Å². The van der Waals surface area contributed by atoms with Gasteiger partial charge in [0.15, 0.2) is 0 Å². The van der Waals surface area contributed by atoms with Crippen molar-refractivity contribution < 1.29 is 19.3 Å². The Morgan fingerprint density at radius 3 is 2.80 bits per heavy atom. The Labute approximate surface area is 148 Å². The molecule has 2 heterocycles. The van der Waals surface area contributed by atoms with Crippen LogP contribution in [0.5, 0.6) is 11.5 Å². The third kappa shape index (κ3) is 3.86. The van der Waals surface area contributed by atoms with Gasteiger partial charge in [-0.05, 0) is 37.1 Å². The van der Waals surface area contributed by atoms with Gasteiger partial charge in [-0.3, -0.25) is 4.98 Å². The zero-order chi connectivity index (χ0) is 17.6. The zero-order valence-corrected chi connectivity index (χ0v) is 14.6. The van der Waals surface area contributed by atoms with E-state index in [2.05, 4.69) is 9.88 Å². The molecule has 3 rings (SSSR count). The van der Waals surface area contributed by atoms with E-state index in [4.69, 9.17) is 14.2 Å². The standard InChI is InChI=1S/C19H24N2O4/c1-23-13-16-17(22)6-3-7-18(16)25-12-15-8-9-19(24-2)21(15)14-5-4-10-20-11-14/h3-7,10-11,15,19,22H,8-9,12-13H2,1-2H3. The highest BCUT2D eigenvalue weighted by Gasteiger charge is 2.34. The number of nitrogens with zero attached hydrogens (tertiary/aromatic N) is 2. The van der Waals surface area contributed by atoms with Gasteiger partial charge in [-0.1, -0.05) is 6.07 Å². The van der Waals surface area contributed by atoms with Gasteiger partial charge in [-0.15, -0.1) is 0 Å². The van der Waals surface area contributed by atoms with E-state index in [1.165, 1.54) is 0 Å². The van der Waals surface area contributed by atoms with Crippen molar-refractivity contribution in [3.05, 3.63) is 48.3 Å². The highest BCUT2D eigenvalue weighted by molar-refractivity contribution is 5.47. The molecule has 6 nitrogen and oxygen atoms in total. The van der Waals surface area contributed by atoms with Crippen LogP contribution in [-0.4, -0.2) is 43.2 Å². The molecule has 6 heteroatoms. The number of ether oxygens (including phenoxy) is 3. The summed E-state index contributed by atoms with van der Waals surface area (Å²) in [5.41, 5.74) is 1.69. The van der Waals surface area contributed by atoms with Gasteiger partial charge in [-0.25, -0.2) is 0 Å². The first-order valence-corrected chi connectivity index (χ1v) is 8.38. The lowest BCUT2D eigenvalue weighted by molar-refractivity contribution is 0.107. The van der Waals surface area contributed by atoms with Crippen molar-refractivity contribution in [1.82, 2.24) is 4.98 Å². The number of phenolic OH excluding ortho intramolecular Hbond substituents is 1. The van der Waals surface area contributed by atoms with E-state index < -0.39 is 0 Å². The molecule has 1 saturated heterocycles. The second-order valence-electron chi connectivity index (χ2n) is 6.04. The van der Waals surface area contributed by atoms with Crippen molar-refractivity contribution >= 4 is 5.69 Å². The van der Waals surface area contributed by atoms with E-state index in [0.29, 0.717) is 24.5 Å². The molecule has 1 aromatic carbocycles. The monoisotopic (exact) mass is 344 g/mol. The molecule has 0 spiro atoms. The number of hydrogen-bond donors (Lipinski definition) is 1. The third-order valence-electron chi connectivity index (χ3n) is 4.49. The first-order valence-electron chi connectivity index (χ1n) is 8.38. The summed E-state index contributed by atoms with van der Waals surface area (Å²) in [6.07, 6.45) is 5.52. The number of benzene rings is 1. The summed E-state index contributed by atoms with van der Waals surface area (Å²) < 4.78 is 16.8. The van der Waals surface area contributed by atoms with Gasteiger partial charge in [0.1, 0.15) is 24.3 Å². The van der Waals surface area contributed by atoms with Crippen LogP contribution in [0.15, 0.2) is 42.7 Å². The van der Waals surface area contributed by atoms with Gasteiger partial charge in [-0.2, -0.15) is 0 Å². The predicted octanol–water partition coefficient (Wildman–Crippen LogP) is 2.95.